The maximum absolute atomic E-state index is 13.5. The van der Waals surface area contributed by atoms with Gasteiger partial charge >= 0.3 is 11.9 Å². The zero-order valence-electron chi connectivity index (χ0n) is 41.9. The lowest BCUT2D eigenvalue weighted by Gasteiger charge is -2.58. The maximum Gasteiger partial charge on any atom is 0.309 e. The molecule has 6 N–H and O–H groups in total. The summed E-state index contributed by atoms with van der Waals surface area (Å²) < 4.78 is 11.9. The van der Waals surface area contributed by atoms with Gasteiger partial charge in [0.1, 0.15) is 22.8 Å². The molecule has 12 rings (SSSR count). The Kier molecular flexibility index (Phi) is 14.7. The molecule has 8 saturated carbocycles. The molecule has 0 radical (unpaired) electrons. The number of aliphatic carboxylic acids is 2. The summed E-state index contributed by atoms with van der Waals surface area (Å²) in [7, 11) is 0. The highest BCUT2D eigenvalue weighted by atomic mass is 16.5. The molecule has 10 aliphatic rings. The van der Waals surface area contributed by atoms with Crippen LogP contribution >= 0.6 is 0 Å². The molecule has 70 heavy (non-hydrogen) atoms. The Bertz CT molecular complexity index is 2220. The Hall–Kier alpha value is -4.70. The fraction of sp³-hybridized carbons (Fsp3) is 0.741. The fourth-order valence-electron chi connectivity index (χ4n) is 14.7. The van der Waals surface area contributed by atoms with Gasteiger partial charge in [0.05, 0.1) is 29.8 Å². The van der Waals surface area contributed by atoms with Gasteiger partial charge in [-0.05, 0) is 188 Å². The van der Waals surface area contributed by atoms with Crippen LogP contribution < -0.4 is 29.9 Å². The Morgan fingerprint density at radius 2 is 1.11 bits per heavy atom. The number of carboxylic acid groups (broad SMARTS) is 2. The normalized spacial score (nSPS) is 33.8. The zero-order chi connectivity index (χ0) is 49.5. The number of anilines is 2. The quantitative estimate of drug-likeness (QED) is 0.0988. The van der Waals surface area contributed by atoms with E-state index in [0.717, 1.165) is 127 Å². The van der Waals surface area contributed by atoms with Crippen molar-refractivity contribution in [2.75, 3.05) is 49.2 Å². The number of rotatable bonds is 16. The molecule has 384 valence electrons. The molecule has 10 fully saturated rings. The first-order chi connectivity index (χ1) is 33.4. The molecule has 2 aliphatic heterocycles. The molecule has 2 amide bonds. The van der Waals surface area contributed by atoms with Gasteiger partial charge in [-0.3, -0.25) is 19.2 Å². The second kappa shape index (κ2) is 20.4. The number of carbonyl (C=O) groups is 4. The van der Waals surface area contributed by atoms with Crippen molar-refractivity contribution in [2.24, 2.45) is 52.8 Å². The molecule has 6 atom stereocenters. The number of piperidine rings is 2. The number of hydrogen-bond donors (Lipinski definition) is 6. The summed E-state index contributed by atoms with van der Waals surface area (Å²) in [6.07, 6.45) is 14.7. The van der Waals surface area contributed by atoms with Crippen molar-refractivity contribution in [3.8, 4) is 11.8 Å². The Morgan fingerprint density at radius 3 is 1.53 bits per heavy atom. The van der Waals surface area contributed by atoms with Crippen LogP contribution in [0.1, 0.15) is 158 Å². The van der Waals surface area contributed by atoms with Gasteiger partial charge in [0.2, 0.25) is 11.8 Å². The van der Waals surface area contributed by atoms with Crippen LogP contribution in [0.2, 0.25) is 0 Å². The smallest absolute Gasteiger partial charge is 0.309 e. The first-order valence-corrected chi connectivity index (χ1v) is 26.7. The second-order valence-corrected chi connectivity index (χ2v) is 23.5. The third kappa shape index (κ3) is 10.7. The Morgan fingerprint density at radius 1 is 0.671 bits per heavy atom. The summed E-state index contributed by atoms with van der Waals surface area (Å²) in [6.45, 7) is 11.4. The number of ether oxygens (including phenoxy) is 2. The molecule has 0 aromatic carbocycles. The number of nitrogens with zero attached hydrogens (tertiary/aromatic N) is 4. The van der Waals surface area contributed by atoms with E-state index in [1.807, 2.05) is 26.0 Å². The van der Waals surface area contributed by atoms with E-state index in [4.69, 9.17) is 19.4 Å². The first kappa shape index (κ1) is 50.2. The molecule has 16 nitrogen and oxygen atoms in total. The molecule has 2 aromatic heterocycles. The Labute approximate surface area is 413 Å². The van der Waals surface area contributed by atoms with Crippen LogP contribution in [0.15, 0.2) is 24.3 Å². The fourth-order valence-corrected chi connectivity index (χ4v) is 14.7. The molecule has 2 saturated heterocycles. The number of amides is 2. The lowest BCUT2D eigenvalue weighted by Crippen LogP contribution is -2.61. The van der Waals surface area contributed by atoms with Gasteiger partial charge in [0.15, 0.2) is 0 Å². The number of carboxylic acids is 2. The lowest BCUT2D eigenvalue weighted by atomic mass is 9.52. The predicted molar refractivity (Wildman–Crippen MR) is 263 cm³/mol. The number of aromatic nitrogens is 2. The van der Waals surface area contributed by atoms with Crippen LogP contribution in [0.25, 0.3) is 0 Å². The monoisotopic (exact) mass is 971 g/mol. The maximum atomic E-state index is 13.5. The molecular weight excluding hydrogens is 893 g/mol. The van der Waals surface area contributed by atoms with Gasteiger partial charge in [-0.2, -0.15) is 9.97 Å². The molecule has 5 unspecified atom stereocenters. The number of pyridine rings is 2. The highest BCUT2D eigenvalue weighted by Gasteiger charge is 2.56. The van der Waals surface area contributed by atoms with Crippen molar-refractivity contribution in [1.29, 1.82) is 0 Å². The van der Waals surface area contributed by atoms with E-state index in [1.54, 1.807) is 26.0 Å². The minimum atomic E-state index is -0.814. The summed E-state index contributed by atoms with van der Waals surface area (Å²) in [5.41, 5.74) is -0.976. The Balaban J connectivity index is 0.000000174. The van der Waals surface area contributed by atoms with Crippen LogP contribution in [-0.4, -0.2) is 117 Å². The van der Waals surface area contributed by atoms with Crippen LogP contribution in [-0.2, 0) is 9.59 Å². The van der Waals surface area contributed by atoms with Crippen molar-refractivity contribution in [3.63, 3.8) is 0 Å². The van der Waals surface area contributed by atoms with Crippen LogP contribution in [0, 0.1) is 52.8 Å². The van der Waals surface area contributed by atoms with E-state index in [0.29, 0.717) is 84.7 Å². The third-order valence-corrected chi connectivity index (χ3v) is 17.8. The standard InChI is InChI=1S/C28H41N3O5.C26H37N3O5/c1-4-10-36-25-21(24(32)30-23-18-11-17-12-19(23)15-28(35,13-17)14-18)7-8-22(29-25)31-9-5-6-20(16-31)27(2,3)26(33)34;1-2-8-34-25-20(5-6-21(27-25)29-7-3-4-16(15-29)11-22(30)31)24(32)28-23-18-9-17-10-19(23)14-26(33,12-17)13-18/h7-8,17-20,23,35H,4-6,9-16H2,1-3H3,(H,30,32)(H,33,34);5-6,16-19,23,33H,2-4,7-15H2,1H3,(H,28,32)(H,30,31)/t;16-,17?,18?,19?,23?,26?/m.0/s1. The predicted octanol–water partition coefficient (Wildman–Crippen LogP) is 7.10. The van der Waals surface area contributed by atoms with Crippen LogP contribution in [0.3, 0.4) is 0 Å². The summed E-state index contributed by atoms with van der Waals surface area (Å²) in [5, 5.41) is 47.2. The van der Waals surface area contributed by atoms with E-state index in [1.165, 1.54) is 0 Å². The molecule has 8 aliphatic carbocycles. The topological polar surface area (TPSA) is 224 Å². The van der Waals surface area contributed by atoms with Crippen molar-refractivity contribution < 1.29 is 49.1 Å². The van der Waals surface area contributed by atoms with E-state index < -0.39 is 28.6 Å². The van der Waals surface area contributed by atoms with Crippen molar-refractivity contribution in [1.82, 2.24) is 20.6 Å². The van der Waals surface area contributed by atoms with Gasteiger partial charge < -0.3 is 50.3 Å². The van der Waals surface area contributed by atoms with Crippen molar-refractivity contribution in [2.45, 2.75) is 160 Å². The lowest BCUT2D eigenvalue weighted by molar-refractivity contribution is -0.150. The summed E-state index contributed by atoms with van der Waals surface area (Å²) in [6, 6.07) is 7.52. The second-order valence-electron chi connectivity index (χ2n) is 23.5. The molecule has 0 spiro atoms. The zero-order valence-corrected chi connectivity index (χ0v) is 41.9. The number of nitrogens with one attached hydrogen (secondary N) is 2. The minimum Gasteiger partial charge on any atom is -0.481 e. The van der Waals surface area contributed by atoms with Crippen molar-refractivity contribution >= 4 is 35.4 Å². The molecule has 2 aromatic rings. The molecular formula is C54H78N6O10. The molecule has 8 bridgehead atoms. The highest BCUT2D eigenvalue weighted by molar-refractivity contribution is 5.97. The number of hydrogen-bond acceptors (Lipinski definition) is 12. The third-order valence-electron chi connectivity index (χ3n) is 17.8. The highest BCUT2D eigenvalue weighted by Crippen LogP contribution is 2.57. The summed E-state index contributed by atoms with van der Waals surface area (Å²) >= 11 is 0. The first-order valence-electron chi connectivity index (χ1n) is 26.7. The van der Waals surface area contributed by atoms with E-state index >= 15 is 0 Å². The van der Waals surface area contributed by atoms with Gasteiger partial charge in [0, 0.05) is 44.7 Å². The van der Waals surface area contributed by atoms with E-state index in [9.17, 15) is 39.6 Å². The van der Waals surface area contributed by atoms with E-state index in [2.05, 4.69) is 20.4 Å². The molecule has 4 heterocycles. The van der Waals surface area contributed by atoms with Gasteiger partial charge in [0.25, 0.3) is 11.8 Å². The number of aliphatic hydroxyl groups is 2. The van der Waals surface area contributed by atoms with Crippen LogP contribution in [0.4, 0.5) is 11.6 Å². The minimum absolute atomic E-state index is 0.0141. The van der Waals surface area contributed by atoms with Gasteiger partial charge in [-0.15, -0.1) is 0 Å². The summed E-state index contributed by atoms with van der Waals surface area (Å²) in [5.74, 6) is 2.92. The average Bonchev–Trinajstić information content (AvgIpc) is 3.31. The SMILES string of the molecule is CCCOc1nc(N2CCCC(C(C)(C)C(=O)O)C2)ccc1C(=O)NC1C2CC3CC1CC(O)(C3)C2.CCCOc1nc(N2CCC[C@@H](CC(=O)O)C2)ccc1C(=O)NC1C2CC3CC1CC(O)(C3)C2. The van der Waals surface area contributed by atoms with Crippen molar-refractivity contribution in [3.05, 3.63) is 35.4 Å². The van der Waals surface area contributed by atoms with Gasteiger partial charge in [-0.25, -0.2) is 0 Å². The number of carbonyl (C=O) groups excluding carboxylic acids is 2. The molecule has 16 heteroatoms. The van der Waals surface area contributed by atoms with Gasteiger partial charge in [-0.1, -0.05) is 13.8 Å². The largest absolute Gasteiger partial charge is 0.481 e. The van der Waals surface area contributed by atoms with E-state index in [-0.39, 0.29) is 42.2 Å². The summed E-state index contributed by atoms with van der Waals surface area (Å²) in [4.78, 5) is 63.6. The average molecular weight is 971 g/mol. The van der Waals surface area contributed by atoms with Crippen LogP contribution in [0.5, 0.6) is 11.8 Å².